The van der Waals surface area contributed by atoms with Crippen LogP contribution in [0.15, 0.2) is 0 Å². The summed E-state index contributed by atoms with van der Waals surface area (Å²) in [5.74, 6) is 2.25. The van der Waals surface area contributed by atoms with Gasteiger partial charge < -0.3 is 5.32 Å². The van der Waals surface area contributed by atoms with Crippen molar-refractivity contribution >= 4 is 0 Å². The highest BCUT2D eigenvalue weighted by molar-refractivity contribution is 4.92. The monoisotopic (exact) mass is 254 g/mol. The molecule has 0 amide bonds. The first-order valence-corrected chi connectivity index (χ1v) is 7.87. The molecule has 18 heavy (non-hydrogen) atoms. The van der Waals surface area contributed by atoms with Gasteiger partial charge >= 0.3 is 0 Å². The Kier molecular flexibility index (Phi) is 6.13. The molecule has 1 heterocycles. The minimum atomic E-state index is 0.659. The van der Waals surface area contributed by atoms with Crippen LogP contribution in [0.25, 0.3) is 0 Å². The van der Waals surface area contributed by atoms with Gasteiger partial charge in [0, 0.05) is 31.2 Å². The van der Waals surface area contributed by atoms with Crippen molar-refractivity contribution in [2.24, 2.45) is 17.8 Å². The van der Waals surface area contributed by atoms with Gasteiger partial charge in [0.15, 0.2) is 0 Å². The molecule has 0 aliphatic carbocycles. The first-order valence-electron chi connectivity index (χ1n) is 7.87. The second-order valence-electron chi connectivity index (χ2n) is 6.89. The highest BCUT2D eigenvalue weighted by atomic mass is 15.3. The van der Waals surface area contributed by atoms with E-state index >= 15 is 0 Å². The van der Waals surface area contributed by atoms with Gasteiger partial charge in [-0.3, -0.25) is 4.90 Å². The zero-order valence-corrected chi connectivity index (χ0v) is 13.5. The molecular weight excluding hydrogens is 220 g/mol. The molecule has 2 nitrogen and oxygen atoms in total. The summed E-state index contributed by atoms with van der Waals surface area (Å²) in [6.45, 7) is 18.9. The van der Waals surface area contributed by atoms with Crippen molar-refractivity contribution in [2.45, 2.75) is 73.0 Å². The second kappa shape index (κ2) is 6.91. The van der Waals surface area contributed by atoms with Gasteiger partial charge in [-0.2, -0.15) is 0 Å². The van der Waals surface area contributed by atoms with Crippen LogP contribution in [0.5, 0.6) is 0 Å². The van der Waals surface area contributed by atoms with Crippen molar-refractivity contribution in [2.75, 3.05) is 13.1 Å². The van der Waals surface area contributed by atoms with Crippen molar-refractivity contribution in [3.05, 3.63) is 0 Å². The Morgan fingerprint density at radius 3 is 2.11 bits per heavy atom. The summed E-state index contributed by atoms with van der Waals surface area (Å²) < 4.78 is 0. The Morgan fingerprint density at radius 1 is 1.06 bits per heavy atom. The van der Waals surface area contributed by atoms with E-state index < -0.39 is 0 Å². The molecule has 0 aromatic heterocycles. The Morgan fingerprint density at radius 2 is 1.67 bits per heavy atom. The maximum atomic E-state index is 3.75. The van der Waals surface area contributed by atoms with Crippen molar-refractivity contribution in [1.82, 2.24) is 10.2 Å². The van der Waals surface area contributed by atoms with Gasteiger partial charge in [0.05, 0.1) is 0 Å². The van der Waals surface area contributed by atoms with E-state index in [4.69, 9.17) is 0 Å². The van der Waals surface area contributed by atoms with E-state index in [1.165, 1.54) is 13.0 Å². The lowest BCUT2D eigenvalue weighted by molar-refractivity contribution is 0.0310. The Hall–Kier alpha value is -0.0800. The van der Waals surface area contributed by atoms with Crippen LogP contribution >= 0.6 is 0 Å². The fraction of sp³-hybridized carbons (Fsp3) is 1.00. The van der Waals surface area contributed by atoms with Crippen LogP contribution in [0, 0.1) is 17.8 Å². The minimum Gasteiger partial charge on any atom is -0.311 e. The average molecular weight is 254 g/mol. The summed E-state index contributed by atoms with van der Waals surface area (Å²) in [5.41, 5.74) is 0. The van der Waals surface area contributed by atoms with E-state index in [0.717, 1.165) is 24.3 Å². The standard InChI is InChI=1S/C16H34N2/c1-8-13(6)14(7)18-10-15(11(2)3)17-9-16(18)12(4)5/h11-17H,8-10H2,1-7H3. The zero-order valence-electron chi connectivity index (χ0n) is 13.5. The molecule has 1 aliphatic rings. The zero-order chi connectivity index (χ0) is 13.9. The van der Waals surface area contributed by atoms with Gasteiger partial charge in [0.2, 0.25) is 0 Å². The van der Waals surface area contributed by atoms with Crippen LogP contribution in [0.2, 0.25) is 0 Å². The molecule has 1 saturated heterocycles. The van der Waals surface area contributed by atoms with E-state index in [-0.39, 0.29) is 0 Å². The number of rotatable bonds is 5. The summed E-state index contributed by atoms with van der Waals surface area (Å²) >= 11 is 0. The van der Waals surface area contributed by atoms with Crippen LogP contribution in [-0.4, -0.2) is 36.1 Å². The maximum Gasteiger partial charge on any atom is 0.0247 e. The summed E-state index contributed by atoms with van der Waals surface area (Å²) in [4.78, 5) is 2.78. The lowest BCUT2D eigenvalue weighted by atomic mass is 9.89. The highest BCUT2D eigenvalue weighted by Crippen LogP contribution is 2.24. The quantitative estimate of drug-likeness (QED) is 0.809. The van der Waals surface area contributed by atoms with Gasteiger partial charge in [-0.1, -0.05) is 48.0 Å². The van der Waals surface area contributed by atoms with Crippen LogP contribution in [-0.2, 0) is 0 Å². The Bertz CT molecular complexity index is 237. The third-order valence-corrected chi connectivity index (χ3v) is 4.99. The number of hydrogen-bond acceptors (Lipinski definition) is 2. The van der Waals surface area contributed by atoms with Gasteiger partial charge in [-0.05, 0) is 24.7 Å². The first kappa shape index (κ1) is 16.0. The topological polar surface area (TPSA) is 15.3 Å². The molecule has 1 rings (SSSR count). The van der Waals surface area contributed by atoms with Crippen LogP contribution in [0.4, 0.5) is 0 Å². The van der Waals surface area contributed by atoms with E-state index in [1.807, 2.05) is 0 Å². The molecule has 4 atom stereocenters. The molecule has 0 spiro atoms. The molecule has 108 valence electrons. The molecular formula is C16H34N2. The van der Waals surface area contributed by atoms with Crippen LogP contribution < -0.4 is 5.32 Å². The van der Waals surface area contributed by atoms with Crippen molar-refractivity contribution in [3.63, 3.8) is 0 Å². The Balaban J connectivity index is 2.77. The normalized spacial score (nSPS) is 29.8. The smallest absolute Gasteiger partial charge is 0.0247 e. The largest absolute Gasteiger partial charge is 0.311 e. The number of hydrogen-bond donors (Lipinski definition) is 1. The molecule has 1 aliphatic heterocycles. The van der Waals surface area contributed by atoms with Crippen LogP contribution in [0.3, 0.4) is 0 Å². The molecule has 0 radical (unpaired) electrons. The van der Waals surface area contributed by atoms with E-state index in [2.05, 4.69) is 58.7 Å². The molecule has 1 fully saturated rings. The maximum absolute atomic E-state index is 3.75. The first-order chi connectivity index (χ1) is 8.38. The molecule has 0 aromatic carbocycles. The molecule has 4 unspecified atom stereocenters. The highest BCUT2D eigenvalue weighted by Gasteiger charge is 2.34. The summed E-state index contributed by atoms with van der Waals surface area (Å²) in [5, 5.41) is 3.75. The number of piperazine rings is 1. The van der Waals surface area contributed by atoms with E-state index in [1.54, 1.807) is 0 Å². The van der Waals surface area contributed by atoms with Crippen molar-refractivity contribution in [1.29, 1.82) is 0 Å². The Labute approximate surface area is 115 Å². The van der Waals surface area contributed by atoms with Crippen molar-refractivity contribution < 1.29 is 0 Å². The molecule has 0 bridgehead atoms. The average Bonchev–Trinajstić information content (AvgIpc) is 2.35. The molecule has 0 saturated carbocycles. The molecule has 0 aromatic rings. The summed E-state index contributed by atoms with van der Waals surface area (Å²) in [6.07, 6.45) is 1.28. The summed E-state index contributed by atoms with van der Waals surface area (Å²) in [6, 6.07) is 2.06. The van der Waals surface area contributed by atoms with Gasteiger partial charge in [0.1, 0.15) is 0 Å². The molecule has 1 N–H and O–H groups in total. The van der Waals surface area contributed by atoms with Gasteiger partial charge in [-0.15, -0.1) is 0 Å². The third kappa shape index (κ3) is 3.71. The van der Waals surface area contributed by atoms with Crippen LogP contribution in [0.1, 0.15) is 54.9 Å². The van der Waals surface area contributed by atoms with Gasteiger partial charge in [0.25, 0.3) is 0 Å². The minimum absolute atomic E-state index is 0.659. The number of nitrogens with zero attached hydrogens (tertiary/aromatic N) is 1. The SMILES string of the molecule is CCC(C)C(C)N1CC(C(C)C)NCC1C(C)C. The summed E-state index contributed by atoms with van der Waals surface area (Å²) in [7, 11) is 0. The van der Waals surface area contributed by atoms with Gasteiger partial charge in [-0.25, -0.2) is 0 Å². The fourth-order valence-corrected chi connectivity index (χ4v) is 3.02. The second-order valence-corrected chi connectivity index (χ2v) is 6.89. The molecule has 2 heteroatoms. The van der Waals surface area contributed by atoms with E-state index in [0.29, 0.717) is 18.1 Å². The van der Waals surface area contributed by atoms with Crippen molar-refractivity contribution in [3.8, 4) is 0 Å². The lowest BCUT2D eigenvalue weighted by Gasteiger charge is -2.48. The third-order valence-electron chi connectivity index (χ3n) is 4.99. The number of nitrogens with one attached hydrogen (secondary N) is 1. The predicted octanol–water partition coefficient (Wildman–Crippen LogP) is 3.38. The lowest BCUT2D eigenvalue weighted by Crippen LogP contribution is -2.62. The predicted molar refractivity (Wildman–Crippen MR) is 80.9 cm³/mol. The van der Waals surface area contributed by atoms with E-state index in [9.17, 15) is 0 Å². The fourth-order valence-electron chi connectivity index (χ4n) is 3.02.